The number of aromatic nitrogens is 1. The molecule has 27 heavy (non-hydrogen) atoms. The zero-order valence-corrected chi connectivity index (χ0v) is 16.1. The van der Waals surface area contributed by atoms with E-state index in [1.54, 1.807) is 18.3 Å². The quantitative estimate of drug-likeness (QED) is 0.806. The van der Waals surface area contributed by atoms with E-state index in [0.717, 1.165) is 19.3 Å². The van der Waals surface area contributed by atoms with Gasteiger partial charge >= 0.3 is 0 Å². The van der Waals surface area contributed by atoms with Crippen LogP contribution >= 0.6 is 11.6 Å². The van der Waals surface area contributed by atoms with Gasteiger partial charge in [0.25, 0.3) is 5.91 Å². The molecule has 5 nitrogen and oxygen atoms in total. The fraction of sp³-hybridized carbons (Fsp3) is 0.429. The van der Waals surface area contributed by atoms with Crippen LogP contribution in [0.2, 0.25) is 5.02 Å². The number of rotatable bonds is 4. The van der Waals surface area contributed by atoms with Gasteiger partial charge in [0, 0.05) is 12.7 Å². The Hall–Kier alpha value is -2.27. The highest BCUT2D eigenvalue weighted by Gasteiger charge is 2.24. The fourth-order valence-electron chi connectivity index (χ4n) is 3.96. The first-order valence-electron chi connectivity index (χ1n) is 9.53. The molecule has 6 heteroatoms. The molecule has 0 radical (unpaired) electrons. The molecule has 0 saturated carbocycles. The van der Waals surface area contributed by atoms with Crippen molar-refractivity contribution in [2.75, 3.05) is 6.54 Å². The van der Waals surface area contributed by atoms with Crippen LogP contribution in [0.1, 0.15) is 49.4 Å². The van der Waals surface area contributed by atoms with Gasteiger partial charge in [0.2, 0.25) is 5.43 Å². The number of hydrogen-bond acceptors (Lipinski definition) is 3. The summed E-state index contributed by atoms with van der Waals surface area (Å²) in [6.45, 7) is 3.06. The summed E-state index contributed by atoms with van der Waals surface area (Å²) in [5.74, 6) is 0.282. The van der Waals surface area contributed by atoms with Gasteiger partial charge in [0.05, 0.1) is 22.5 Å². The van der Waals surface area contributed by atoms with Crippen molar-refractivity contribution in [1.29, 1.82) is 0 Å². The predicted octanol–water partition coefficient (Wildman–Crippen LogP) is 4.06. The van der Waals surface area contributed by atoms with Crippen LogP contribution < -0.4 is 15.5 Å². The maximum atomic E-state index is 13.0. The average molecular weight is 387 g/mol. The SMILES string of the molecule is CC1Cn2cc(C(=O)NCCC3=CCCCC3)c(=O)c3c(Cl)ccc(c32)O1. The van der Waals surface area contributed by atoms with E-state index < -0.39 is 0 Å². The van der Waals surface area contributed by atoms with Gasteiger partial charge < -0.3 is 14.6 Å². The molecule has 0 fully saturated rings. The van der Waals surface area contributed by atoms with Gasteiger partial charge in [-0.2, -0.15) is 0 Å². The predicted molar refractivity (Wildman–Crippen MR) is 107 cm³/mol. The second-order valence-electron chi connectivity index (χ2n) is 7.34. The summed E-state index contributed by atoms with van der Waals surface area (Å²) in [5, 5.41) is 3.59. The molecule has 1 amide bonds. The largest absolute Gasteiger partial charge is 0.487 e. The lowest BCUT2D eigenvalue weighted by Crippen LogP contribution is -2.33. The minimum Gasteiger partial charge on any atom is -0.487 e. The lowest BCUT2D eigenvalue weighted by atomic mass is 9.97. The molecule has 1 unspecified atom stereocenters. The van der Waals surface area contributed by atoms with Crippen LogP contribution in [0.4, 0.5) is 0 Å². The van der Waals surface area contributed by atoms with Gasteiger partial charge in [-0.3, -0.25) is 9.59 Å². The summed E-state index contributed by atoms with van der Waals surface area (Å²) in [6, 6.07) is 3.42. The number of amides is 1. The molecule has 1 aromatic carbocycles. The Morgan fingerprint density at radius 2 is 2.22 bits per heavy atom. The minimum atomic E-state index is -0.347. The normalized spacial score (nSPS) is 18.7. The summed E-state index contributed by atoms with van der Waals surface area (Å²) in [4.78, 5) is 25.7. The Balaban J connectivity index is 1.63. The third-order valence-electron chi connectivity index (χ3n) is 5.28. The Morgan fingerprint density at radius 1 is 1.37 bits per heavy atom. The van der Waals surface area contributed by atoms with Gasteiger partial charge in [-0.15, -0.1) is 0 Å². The molecule has 1 atom stereocenters. The number of nitrogens with zero attached hydrogens (tertiary/aromatic N) is 1. The third-order valence-corrected chi connectivity index (χ3v) is 5.59. The first-order chi connectivity index (χ1) is 13.0. The molecule has 1 N–H and O–H groups in total. The topological polar surface area (TPSA) is 60.3 Å². The third kappa shape index (κ3) is 3.48. The van der Waals surface area contributed by atoms with Crippen LogP contribution in [0.5, 0.6) is 5.75 Å². The standard InChI is InChI=1S/C21H23ClN2O3/c1-13-11-24-12-15(21(26)23-10-9-14-5-3-2-4-6-14)20(25)18-16(22)7-8-17(27-13)19(18)24/h5,7-8,12-13H,2-4,6,9-11H2,1H3,(H,23,26). The van der Waals surface area contributed by atoms with Crippen molar-refractivity contribution in [3.05, 3.63) is 50.8 Å². The van der Waals surface area contributed by atoms with E-state index in [-0.39, 0.29) is 23.0 Å². The fourth-order valence-corrected chi connectivity index (χ4v) is 4.20. The van der Waals surface area contributed by atoms with Crippen LogP contribution in [-0.2, 0) is 6.54 Å². The average Bonchev–Trinajstić information content (AvgIpc) is 2.66. The van der Waals surface area contributed by atoms with Gasteiger partial charge in [-0.1, -0.05) is 23.3 Å². The lowest BCUT2D eigenvalue weighted by molar-refractivity contribution is 0.0951. The first-order valence-corrected chi connectivity index (χ1v) is 9.91. The maximum absolute atomic E-state index is 13.0. The number of carbonyl (C=O) groups excluding carboxylic acids is 1. The van der Waals surface area contributed by atoms with Gasteiger partial charge in [-0.05, 0) is 51.2 Å². The van der Waals surface area contributed by atoms with E-state index >= 15 is 0 Å². The van der Waals surface area contributed by atoms with Crippen molar-refractivity contribution >= 4 is 28.4 Å². The Bertz CT molecular complexity index is 993. The number of allylic oxidation sites excluding steroid dienone is 1. The van der Waals surface area contributed by atoms with Crippen LogP contribution in [0, 0.1) is 0 Å². The van der Waals surface area contributed by atoms with Crippen molar-refractivity contribution in [2.24, 2.45) is 0 Å². The molecule has 0 spiro atoms. The van der Waals surface area contributed by atoms with Crippen molar-refractivity contribution in [2.45, 2.75) is 51.7 Å². The molecule has 1 aliphatic heterocycles. The van der Waals surface area contributed by atoms with Crippen molar-refractivity contribution in [3.63, 3.8) is 0 Å². The number of benzene rings is 1. The summed E-state index contributed by atoms with van der Waals surface area (Å²) in [7, 11) is 0. The zero-order chi connectivity index (χ0) is 19.0. The molecule has 4 rings (SSSR count). The van der Waals surface area contributed by atoms with E-state index in [4.69, 9.17) is 16.3 Å². The van der Waals surface area contributed by atoms with E-state index in [0.29, 0.717) is 34.8 Å². The van der Waals surface area contributed by atoms with Crippen molar-refractivity contribution < 1.29 is 9.53 Å². The first kappa shape index (κ1) is 18.1. The molecule has 2 aliphatic rings. The Labute approximate surface area is 163 Å². The summed E-state index contributed by atoms with van der Waals surface area (Å²) in [5.41, 5.74) is 1.84. The number of hydrogen-bond donors (Lipinski definition) is 1. The van der Waals surface area contributed by atoms with Crippen molar-refractivity contribution in [1.82, 2.24) is 9.88 Å². The molecule has 1 aromatic heterocycles. The van der Waals surface area contributed by atoms with E-state index in [1.807, 2.05) is 11.5 Å². The molecule has 142 valence electrons. The van der Waals surface area contributed by atoms with Crippen LogP contribution in [0.3, 0.4) is 0 Å². The smallest absolute Gasteiger partial charge is 0.256 e. The molecular weight excluding hydrogens is 364 g/mol. The highest BCUT2D eigenvalue weighted by molar-refractivity contribution is 6.35. The number of halogens is 1. The second kappa shape index (κ2) is 7.39. The van der Waals surface area contributed by atoms with Crippen LogP contribution in [0.25, 0.3) is 10.9 Å². The molecular formula is C21H23ClN2O3. The van der Waals surface area contributed by atoms with E-state index in [9.17, 15) is 9.59 Å². The second-order valence-corrected chi connectivity index (χ2v) is 7.74. The summed E-state index contributed by atoms with van der Waals surface area (Å²) >= 11 is 6.30. The maximum Gasteiger partial charge on any atom is 0.256 e. The minimum absolute atomic E-state index is 0.0430. The van der Waals surface area contributed by atoms with Crippen molar-refractivity contribution in [3.8, 4) is 5.75 Å². The van der Waals surface area contributed by atoms with Crippen LogP contribution in [-0.4, -0.2) is 23.1 Å². The molecule has 1 aliphatic carbocycles. The molecule has 2 heterocycles. The van der Waals surface area contributed by atoms with E-state index in [2.05, 4.69) is 11.4 Å². The summed E-state index contributed by atoms with van der Waals surface area (Å²) in [6.07, 6.45) is 9.40. The highest BCUT2D eigenvalue weighted by atomic mass is 35.5. The Kier molecular flexibility index (Phi) is 4.96. The Morgan fingerprint density at radius 3 is 3.00 bits per heavy atom. The number of carbonyl (C=O) groups is 1. The molecule has 0 saturated heterocycles. The van der Waals surface area contributed by atoms with Crippen LogP contribution in [0.15, 0.2) is 34.8 Å². The monoisotopic (exact) mass is 386 g/mol. The molecule has 2 aromatic rings. The van der Waals surface area contributed by atoms with Gasteiger partial charge in [-0.25, -0.2) is 0 Å². The number of nitrogens with one attached hydrogen (secondary N) is 1. The zero-order valence-electron chi connectivity index (χ0n) is 15.4. The highest BCUT2D eigenvalue weighted by Crippen LogP contribution is 2.33. The summed E-state index contributed by atoms with van der Waals surface area (Å²) < 4.78 is 7.73. The number of pyridine rings is 1. The lowest BCUT2D eigenvalue weighted by Gasteiger charge is -2.26. The van der Waals surface area contributed by atoms with E-state index in [1.165, 1.54) is 18.4 Å². The van der Waals surface area contributed by atoms with Gasteiger partial charge in [0.1, 0.15) is 17.4 Å². The number of ether oxygens (including phenoxy) is 1. The molecule has 0 bridgehead atoms. The van der Waals surface area contributed by atoms with Gasteiger partial charge in [0.15, 0.2) is 0 Å².